The molecule has 1 aliphatic rings. The highest BCUT2D eigenvalue weighted by molar-refractivity contribution is 6.03. The van der Waals surface area contributed by atoms with Gasteiger partial charge < -0.3 is 10.2 Å². The van der Waals surface area contributed by atoms with E-state index in [2.05, 4.69) is 13.8 Å². The second-order valence-corrected chi connectivity index (χ2v) is 7.28. The lowest BCUT2D eigenvalue weighted by Crippen LogP contribution is -2.26. The van der Waals surface area contributed by atoms with Crippen molar-refractivity contribution in [3.63, 3.8) is 0 Å². The molecule has 2 N–H and O–H groups in total. The van der Waals surface area contributed by atoms with Crippen LogP contribution in [-0.4, -0.2) is 22.2 Å². The second-order valence-electron chi connectivity index (χ2n) is 7.28. The maximum Gasteiger partial charge on any atom is 0.336 e. The zero-order chi connectivity index (χ0) is 17.7. The number of fused-ring (bicyclic) bond motifs is 1. The van der Waals surface area contributed by atoms with Crippen LogP contribution in [0.15, 0.2) is 42.5 Å². The lowest BCUT2D eigenvalue weighted by Gasteiger charge is -2.29. The molecule has 0 heterocycles. The van der Waals surface area contributed by atoms with Crippen molar-refractivity contribution >= 4 is 11.9 Å². The van der Waals surface area contributed by atoms with E-state index in [0.717, 1.165) is 17.5 Å². The Morgan fingerprint density at radius 3 is 2.08 bits per heavy atom. The standard InChI is InChI=1S/C20H20O4/c1-19(2)11-20(3,12-7-5-4-6-8-12)16-14(19)10-9-13(17(21)22)15(16)18(23)24/h4-10H,11H2,1-3H3,(H,21,22)(H,23,24)/t20-/m1/s1. The number of rotatable bonds is 3. The summed E-state index contributed by atoms with van der Waals surface area (Å²) in [5, 5.41) is 19.2. The van der Waals surface area contributed by atoms with Crippen LogP contribution in [-0.2, 0) is 10.8 Å². The van der Waals surface area contributed by atoms with Crippen LogP contribution in [0.5, 0.6) is 0 Å². The van der Waals surface area contributed by atoms with Crippen molar-refractivity contribution < 1.29 is 19.8 Å². The normalized spacial score (nSPS) is 21.3. The van der Waals surface area contributed by atoms with Gasteiger partial charge in [-0.1, -0.05) is 57.2 Å². The van der Waals surface area contributed by atoms with Gasteiger partial charge in [-0.15, -0.1) is 0 Å². The molecule has 4 heteroatoms. The molecular formula is C20H20O4. The molecule has 0 unspecified atom stereocenters. The average Bonchev–Trinajstić information content (AvgIpc) is 2.74. The molecule has 2 aromatic carbocycles. The Balaban J connectivity index is 2.41. The highest BCUT2D eigenvalue weighted by Gasteiger charge is 2.48. The summed E-state index contributed by atoms with van der Waals surface area (Å²) in [5.41, 5.74) is 1.53. The van der Waals surface area contributed by atoms with E-state index in [4.69, 9.17) is 0 Å². The topological polar surface area (TPSA) is 74.6 Å². The monoisotopic (exact) mass is 324 g/mol. The molecule has 0 fully saturated rings. The van der Waals surface area contributed by atoms with Crippen molar-refractivity contribution in [1.29, 1.82) is 0 Å². The van der Waals surface area contributed by atoms with Gasteiger partial charge in [0, 0.05) is 5.41 Å². The maximum atomic E-state index is 12.0. The van der Waals surface area contributed by atoms with Gasteiger partial charge in [-0.3, -0.25) is 0 Å². The van der Waals surface area contributed by atoms with Gasteiger partial charge in [-0.25, -0.2) is 9.59 Å². The highest BCUT2D eigenvalue weighted by atomic mass is 16.4. The Morgan fingerprint density at radius 1 is 0.917 bits per heavy atom. The molecule has 4 nitrogen and oxygen atoms in total. The molecule has 0 radical (unpaired) electrons. The first-order chi connectivity index (χ1) is 11.2. The number of carboxylic acid groups (broad SMARTS) is 2. The summed E-state index contributed by atoms with van der Waals surface area (Å²) in [6.07, 6.45) is 0.725. The number of hydrogen-bond acceptors (Lipinski definition) is 2. The molecule has 2 aromatic rings. The molecular weight excluding hydrogens is 304 g/mol. The Kier molecular flexibility index (Phi) is 3.52. The van der Waals surface area contributed by atoms with Gasteiger partial charge in [-0.05, 0) is 34.6 Å². The first-order valence-electron chi connectivity index (χ1n) is 7.88. The summed E-state index contributed by atoms with van der Waals surface area (Å²) < 4.78 is 0. The van der Waals surface area contributed by atoms with Crippen LogP contribution >= 0.6 is 0 Å². The summed E-state index contributed by atoms with van der Waals surface area (Å²) in [7, 11) is 0. The number of carbonyl (C=O) groups is 2. The fraction of sp³-hybridized carbons (Fsp3) is 0.300. The summed E-state index contributed by atoms with van der Waals surface area (Å²) in [6.45, 7) is 6.16. The van der Waals surface area contributed by atoms with Crippen molar-refractivity contribution in [3.8, 4) is 0 Å². The van der Waals surface area contributed by atoms with Gasteiger partial charge >= 0.3 is 11.9 Å². The first kappa shape index (κ1) is 16.2. The molecule has 0 spiro atoms. The fourth-order valence-electron chi connectivity index (χ4n) is 4.26. The smallest absolute Gasteiger partial charge is 0.336 e. The molecule has 0 saturated heterocycles. The second kappa shape index (κ2) is 5.20. The summed E-state index contributed by atoms with van der Waals surface area (Å²) in [4.78, 5) is 23.5. The molecule has 0 saturated carbocycles. The van der Waals surface area contributed by atoms with Crippen LogP contribution in [0.4, 0.5) is 0 Å². The van der Waals surface area contributed by atoms with Crippen molar-refractivity contribution in [2.75, 3.05) is 0 Å². The minimum absolute atomic E-state index is 0.0862. The zero-order valence-electron chi connectivity index (χ0n) is 14.0. The third-order valence-corrected chi connectivity index (χ3v) is 5.14. The molecule has 0 bridgehead atoms. The van der Waals surface area contributed by atoms with Crippen LogP contribution in [0, 0.1) is 0 Å². The molecule has 24 heavy (non-hydrogen) atoms. The third kappa shape index (κ3) is 2.21. The molecule has 0 aromatic heterocycles. The lowest BCUT2D eigenvalue weighted by atomic mass is 9.73. The molecule has 0 amide bonds. The predicted molar refractivity (Wildman–Crippen MR) is 90.9 cm³/mol. The van der Waals surface area contributed by atoms with Crippen LogP contribution < -0.4 is 0 Å². The van der Waals surface area contributed by atoms with E-state index >= 15 is 0 Å². The Morgan fingerprint density at radius 2 is 1.54 bits per heavy atom. The van der Waals surface area contributed by atoms with Crippen LogP contribution in [0.2, 0.25) is 0 Å². The molecule has 1 atom stereocenters. The number of aromatic carboxylic acids is 2. The van der Waals surface area contributed by atoms with Crippen LogP contribution in [0.1, 0.15) is 64.6 Å². The Bertz CT molecular complexity index is 836. The summed E-state index contributed by atoms with van der Waals surface area (Å²) in [5.74, 6) is -2.40. The predicted octanol–water partition coefficient (Wildman–Crippen LogP) is 4.07. The van der Waals surface area contributed by atoms with Gasteiger partial charge in [-0.2, -0.15) is 0 Å². The minimum Gasteiger partial charge on any atom is -0.478 e. The summed E-state index contributed by atoms with van der Waals surface area (Å²) in [6, 6.07) is 12.9. The van der Waals surface area contributed by atoms with Gasteiger partial charge in [0.1, 0.15) is 0 Å². The van der Waals surface area contributed by atoms with Gasteiger partial charge in [0.15, 0.2) is 0 Å². The SMILES string of the molecule is CC1(C)C[C@](C)(c2ccccc2)c2c1ccc(C(=O)O)c2C(=O)O. The highest BCUT2D eigenvalue weighted by Crippen LogP contribution is 2.54. The van der Waals surface area contributed by atoms with Gasteiger partial charge in [0.05, 0.1) is 11.1 Å². The average molecular weight is 324 g/mol. The van der Waals surface area contributed by atoms with Crippen molar-refractivity contribution in [2.24, 2.45) is 0 Å². The summed E-state index contributed by atoms with van der Waals surface area (Å²) >= 11 is 0. The van der Waals surface area contributed by atoms with E-state index in [1.165, 1.54) is 6.07 Å². The molecule has 0 aliphatic heterocycles. The van der Waals surface area contributed by atoms with E-state index in [1.54, 1.807) is 6.07 Å². The molecule has 124 valence electrons. The Hall–Kier alpha value is -2.62. The zero-order valence-corrected chi connectivity index (χ0v) is 14.0. The number of hydrogen-bond donors (Lipinski definition) is 2. The maximum absolute atomic E-state index is 12.0. The first-order valence-corrected chi connectivity index (χ1v) is 7.88. The number of benzene rings is 2. The van der Waals surface area contributed by atoms with E-state index in [1.807, 2.05) is 37.3 Å². The van der Waals surface area contributed by atoms with Gasteiger partial charge in [0.25, 0.3) is 0 Å². The van der Waals surface area contributed by atoms with Crippen molar-refractivity contribution in [1.82, 2.24) is 0 Å². The molecule has 3 rings (SSSR count). The largest absolute Gasteiger partial charge is 0.478 e. The van der Waals surface area contributed by atoms with E-state index in [9.17, 15) is 19.8 Å². The third-order valence-electron chi connectivity index (χ3n) is 5.14. The fourth-order valence-corrected chi connectivity index (χ4v) is 4.26. The van der Waals surface area contributed by atoms with E-state index < -0.39 is 17.4 Å². The van der Waals surface area contributed by atoms with Crippen LogP contribution in [0.3, 0.4) is 0 Å². The quantitative estimate of drug-likeness (QED) is 0.892. The van der Waals surface area contributed by atoms with Crippen molar-refractivity contribution in [2.45, 2.75) is 38.0 Å². The lowest BCUT2D eigenvalue weighted by molar-refractivity contribution is 0.0649. The van der Waals surface area contributed by atoms with E-state index in [0.29, 0.717) is 5.56 Å². The molecule has 1 aliphatic carbocycles. The van der Waals surface area contributed by atoms with Crippen molar-refractivity contribution in [3.05, 3.63) is 70.3 Å². The van der Waals surface area contributed by atoms with Crippen LogP contribution in [0.25, 0.3) is 0 Å². The van der Waals surface area contributed by atoms with E-state index in [-0.39, 0.29) is 16.5 Å². The Labute approximate surface area is 140 Å². The number of carboxylic acids is 2. The minimum atomic E-state index is -1.21. The van der Waals surface area contributed by atoms with Gasteiger partial charge in [0.2, 0.25) is 0 Å².